The van der Waals surface area contributed by atoms with Crippen LogP contribution in [0.25, 0.3) is 0 Å². The number of phenolic OH excluding ortho intramolecular Hbond substituents is 2. The molecule has 0 aromatic heterocycles. The molecule has 0 amide bonds. The molecule has 1 fully saturated rings. The van der Waals surface area contributed by atoms with Crippen LogP contribution in [0.2, 0.25) is 0 Å². The fourth-order valence-electron chi connectivity index (χ4n) is 3.00. The van der Waals surface area contributed by atoms with Gasteiger partial charge in [0.25, 0.3) is 0 Å². The van der Waals surface area contributed by atoms with E-state index in [1.54, 1.807) is 30.3 Å². The fraction of sp³-hybridized carbons (Fsp3) is 0.350. The van der Waals surface area contributed by atoms with Crippen LogP contribution in [0.15, 0.2) is 42.5 Å². The van der Waals surface area contributed by atoms with Crippen molar-refractivity contribution in [2.45, 2.75) is 38.5 Å². The van der Waals surface area contributed by atoms with Gasteiger partial charge in [-0.05, 0) is 49.7 Å². The molecule has 2 aromatic rings. The molecule has 0 saturated carbocycles. The van der Waals surface area contributed by atoms with Crippen molar-refractivity contribution >= 4 is 5.97 Å². The molecule has 7 heteroatoms. The van der Waals surface area contributed by atoms with Gasteiger partial charge in [0.05, 0.1) is 24.3 Å². The number of rotatable bonds is 6. The summed E-state index contributed by atoms with van der Waals surface area (Å²) in [7, 11) is 0. The molecule has 4 N–H and O–H groups in total. The second-order valence-corrected chi connectivity index (χ2v) is 6.54. The Morgan fingerprint density at radius 2 is 1.85 bits per heavy atom. The predicted molar refractivity (Wildman–Crippen MR) is 99.7 cm³/mol. The van der Waals surface area contributed by atoms with Crippen LogP contribution in [0.3, 0.4) is 0 Å². The molecule has 2 aromatic carbocycles. The zero-order valence-corrected chi connectivity index (χ0v) is 15.3. The van der Waals surface area contributed by atoms with Crippen molar-refractivity contribution in [3.63, 3.8) is 0 Å². The third-order valence-electron chi connectivity index (χ3n) is 4.44. The van der Waals surface area contributed by atoms with E-state index in [1.807, 2.05) is 13.8 Å². The van der Waals surface area contributed by atoms with Gasteiger partial charge in [-0.3, -0.25) is 5.43 Å². The molecule has 3 atom stereocenters. The molecule has 3 rings (SSSR count). The van der Waals surface area contributed by atoms with Crippen LogP contribution >= 0.6 is 0 Å². The lowest BCUT2D eigenvalue weighted by atomic mass is 9.98. The Balaban J connectivity index is 1.73. The summed E-state index contributed by atoms with van der Waals surface area (Å²) in [5.74, 6) is 0.241. The standard InChI is InChI=1S/C20H24N2O5/c1-3-10-26-20(25)13-4-7-15(8-5-13)27-19-12(2)21-22-18(19)16-9-6-14(23)11-17(16)24/h4-9,11-12,18-19,21-24H,3,10H2,1-2H3. The van der Waals surface area contributed by atoms with E-state index in [0.29, 0.717) is 23.5 Å². The van der Waals surface area contributed by atoms with E-state index < -0.39 is 0 Å². The van der Waals surface area contributed by atoms with Gasteiger partial charge in [-0.1, -0.05) is 6.92 Å². The Bertz CT molecular complexity index is 793. The third-order valence-corrected chi connectivity index (χ3v) is 4.44. The minimum atomic E-state index is -0.354. The number of ether oxygens (including phenoxy) is 2. The SMILES string of the molecule is CCCOC(=O)c1ccc(OC2C(C)NNC2c2ccc(O)cc2O)cc1. The molecule has 0 bridgehead atoms. The highest BCUT2D eigenvalue weighted by atomic mass is 16.5. The number of benzene rings is 2. The van der Waals surface area contributed by atoms with E-state index in [4.69, 9.17) is 9.47 Å². The maximum atomic E-state index is 11.9. The van der Waals surface area contributed by atoms with Crippen LogP contribution in [0.5, 0.6) is 17.2 Å². The van der Waals surface area contributed by atoms with Crippen LogP contribution < -0.4 is 15.6 Å². The van der Waals surface area contributed by atoms with Crippen LogP contribution in [0, 0.1) is 0 Å². The van der Waals surface area contributed by atoms with Gasteiger partial charge in [-0.2, -0.15) is 0 Å². The maximum absolute atomic E-state index is 11.9. The van der Waals surface area contributed by atoms with Gasteiger partial charge in [0.1, 0.15) is 23.4 Å². The summed E-state index contributed by atoms with van der Waals surface area (Å²) in [4.78, 5) is 11.9. The third kappa shape index (κ3) is 4.32. The average Bonchev–Trinajstić information content (AvgIpc) is 3.01. The molecule has 1 aliphatic rings. The number of hydrogen-bond donors (Lipinski definition) is 4. The van der Waals surface area contributed by atoms with Crippen LogP contribution in [-0.4, -0.2) is 34.9 Å². The quantitative estimate of drug-likeness (QED) is 0.579. The fourth-order valence-corrected chi connectivity index (χ4v) is 3.00. The molecule has 0 spiro atoms. The van der Waals surface area contributed by atoms with E-state index in [9.17, 15) is 15.0 Å². The van der Waals surface area contributed by atoms with Crippen LogP contribution in [-0.2, 0) is 4.74 Å². The molecular formula is C20H24N2O5. The Kier molecular flexibility index (Phi) is 5.83. The number of hydrogen-bond acceptors (Lipinski definition) is 7. The van der Waals surface area contributed by atoms with Crippen LogP contribution in [0.4, 0.5) is 0 Å². The summed E-state index contributed by atoms with van der Waals surface area (Å²) in [6, 6.07) is 10.9. The predicted octanol–water partition coefficient (Wildman–Crippen LogP) is 2.65. The summed E-state index contributed by atoms with van der Waals surface area (Å²) in [6.45, 7) is 4.30. The highest BCUT2D eigenvalue weighted by molar-refractivity contribution is 5.89. The molecule has 3 unspecified atom stereocenters. The molecule has 0 radical (unpaired) electrons. The van der Waals surface area contributed by atoms with Gasteiger partial charge in [0.15, 0.2) is 0 Å². The highest BCUT2D eigenvalue weighted by Gasteiger charge is 2.37. The van der Waals surface area contributed by atoms with Gasteiger partial charge in [-0.25, -0.2) is 10.2 Å². The van der Waals surface area contributed by atoms with E-state index in [2.05, 4.69) is 10.9 Å². The normalized spacial score (nSPS) is 21.8. The number of phenols is 2. The number of hydrazine groups is 1. The Morgan fingerprint density at radius 3 is 2.52 bits per heavy atom. The number of nitrogens with one attached hydrogen (secondary N) is 2. The van der Waals surface area contributed by atoms with Gasteiger partial charge in [-0.15, -0.1) is 0 Å². The lowest BCUT2D eigenvalue weighted by Gasteiger charge is -2.23. The van der Waals surface area contributed by atoms with Gasteiger partial charge in [0.2, 0.25) is 0 Å². The minimum Gasteiger partial charge on any atom is -0.508 e. The van der Waals surface area contributed by atoms with Crippen molar-refractivity contribution in [3.8, 4) is 17.2 Å². The topological polar surface area (TPSA) is 100 Å². The molecule has 144 valence electrons. The Morgan fingerprint density at radius 1 is 1.11 bits per heavy atom. The van der Waals surface area contributed by atoms with E-state index >= 15 is 0 Å². The highest BCUT2D eigenvalue weighted by Crippen LogP contribution is 2.34. The molecule has 1 heterocycles. The average molecular weight is 372 g/mol. The molecule has 7 nitrogen and oxygen atoms in total. The number of carbonyl (C=O) groups is 1. The van der Waals surface area contributed by atoms with Crippen LogP contribution in [0.1, 0.15) is 42.2 Å². The summed E-state index contributed by atoms with van der Waals surface area (Å²) in [5, 5.41) is 19.6. The number of esters is 1. The second-order valence-electron chi connectivity index (χ2n) is 6.54. The van der Waals surface area contributed by atoms with E-state index in [-0.39, 0.29) is 35.7 Å². The van der Waals surface area contributed by atoms with Crippen molar-refractivity contribution in [2.24, 2.45) is 0 Å². The summed E-state index contributed by atoms with van der Waals surface area (Å²) < 4.78 is 11.2. The summed E-state index contributed by atoms with van der Waals surface area (Å²) in [5.41, 5.74) is 7.32. The first-order valence-corrected chi connectivity index (χ1v) is 8.96. The van der Waals surface area contributed by atoms with Crippen molar-refractivity contribution in [1.29, 1.82) is 0 Å². The molecule has 1 saturated heterocycles. The zero-order chi connectivity index (χ0) is 19.4. The van der Waals surface area contributed by atoms with Crippen molar-refractivity contribution in [1.82, 2.24) is 10.9 Å². The first-order valence-electron chi connectivity index (χ1n) is 8.96. The molecule has 0 aliphatic carbocycles. The molecule has 1 aliphatic heterocycles. The van der Waals surface area contributed by atoms with E-state index in [0.717, 1.165) is 6.42 Å². The molecular weight excluding hydrogens is 348 g/mol. The summed E-state index contributed by atoms with van der Waals surface area (Å²) >= 11 is 0. The lowest BCUT2D eigenvalue weighted by Crippen LogP contribution is -2.33. The Labute approximate surface area is 157 Å². The number of carbonyl (C=O) groups excluding carboxylic acids is 1. The largest absolute Gasteiger partial charge is 0.508 e. The Hall–Kier alpha value is -2.77. The van der Waals surface area contributed by atoms with Crippen molar-refractivity contribution in [3.05, 3.63) is 53.6 Å². The minimum absolute atomic E-state index is 0.00160. The monoisotopic (exact) mass is 372 g/mol. The maximum Gasteiger partial charge on any atom is 0.338 e. The van der Waals surface area contributed by atoms with Crippen molar-refractivity contribution < 1.29 is 24.5 Å². The van der Waals surface area contributed by atoms with Gasteiger partial charge >= 0.3 is 5.97 Å². The molecule has 27 heavy (non-hydrogen) atoms. The van der Waals surface area contributed by atoms with Crippen molar-refractivity contribution in [2.75, 3.05) is 6.61 Å². The zero-order valence-electron chi connectivity index (χ0n) is 15.3. The number of aromatic hydroxyl groups is 2. The van der Waals surface area contributed by atoms with Gasteiger partial charge < -0.3 is 19.7 Å². The van der Waals surface area contributed by atoms with E-state index in [1.165, 1.54) is 12.1 Å². The lowest BCUT2D eigenvalue weighted by molar-refractivity contribution is 0.0505. The van der Waals surface area contributed by atoms with Gasteiger partial charge in [0, 0.05) is 11.6 Å². The smallest absolute Gasteiger partial charge is 0.338 e. The first-order chi connectivity index (χ1) is 13.0. The first kappa shape index (κ1) is 19.0. The summed E-state index contributed by atoms with van der Waals surface area (Å²) in [6.07, 6.45) is 0.469. The second kappa shape index (κ2) is 8.28.